The Balaban J connectivity index is 1.44. The topological polar surface area (TPSA) is 120 Å². The maximum absolute atomic E-state index is 15.4. The number of aryl methyl sites for hydroxylation is 2. The van der Waals surface area contributed by atoms with Crippen molar-refractivity contribution in [3.63, 3.8) is 0 Å². The van der Waals surface area contributed by atoms with Crippen LogP contribution in [-0.2, 0) is 4.79 Å². The fourth-order valence-electron chi connectivity index (χ4n) is 4.71. The molecule has 2 fully saturated rings. The van der Waals surface area contributed by atoms with E-state index in [0.29, 0.717) is 77.8 Å². The Labute approximate surface area is 208 Å². The van der Waals surface area contributed by atoms with Gasteiger partial charge in [-0.05, 0) is 57.1 Å². The molecule has 2 amide bonds. The van der Waals surface area contributed by atoms with Gasteiger partial charge in [0.25, 0.3) is 5.91 Å². The number of benzene rings is 1. The molecule has 0 unspecified atom stereocenters. The molecule has 3 N–H and O–H groups in total. The van der Waals surface area contributed by atoms with E-state index in [1.54, 1.807) is 30.9 Å². The molecular weight excluding hydrogens is 465 g/mol. The number of aromatic nitrogens is 3. The van der Waals surface area contributed by atoms with E-state index in [-0.39, 0.29) is 23.4 Å². The standard InChI is InChI=1S/C26H30FN5O4/c1-14-3-6-18(36-12-16-4-5-16)21(22(14)27)24-25-23(28-13-29-24)20(15(2)30-25)26(35)31-17-7-9-32(10-8-17)19(34)11-33/h3,6,13,16-17,30,33H,4-5,7-12H2,1-2H3,(H,31,35). The summed E-state index contributed by atoms with van der Waals surface area (Å²) >= 11 is 0. The van der Waals surface area contributed by atoms with Crippen molar-refractivity contribution in [2.75, 3.05) is 26.3 Å². The van der Waals surface area contributed by atoms with Crippen molar-refractivity contribution in [3.05, 3.63) is 41.1 Å². The number of aliphatic hydroxyl groups excluding tert-OH is 1. The van der Waals surface area contributed by atoms with Gasteiger partial charge < -0.3 is 25.0 Å². The Kier molecular flexibility index (Phi) is 6.61. The van der Waals surface area contributed by atoms with Gasteiger partial charge in [-0.25, -0.2) is 14.4 Å². The number of likely N-dealkylation sites (tertiary alicyclic amines) is 1. The Morgan fingerprint density at radius 2 is 1.94 bits per heavy atom. The van der Waals surface area contributed by atoms with Gasteiger partial charge in [-0.2, -0.15) is 0 Å². The normalized spacial score (nSPS) is 16.4. The molecular formula is C26H30FN5O4. The molecule has 5 rings (SSSR count). The molecule has 1 saturated carbocycles. The summed E-state index contributed by atoms with van der Waals surface area (Å²) < 4.78 is 21.4. The van der Waals surface area contributed by atoms with Crippen molar-refractivity contribution in [1.29, 1.82) is 0 Å². The third-order valence-corrected chi connectivity index (χ3v) is 7.02. The average Bonchev–Trinajstić information content (AvgIpc) is 3.64. The Morgan fingerprint density at radius 1 is 1.19 bits per heavy atom. The summed E-state index contributed by atoms with van der Waals surface area (Å²) in [6.07, 6.45) is 4.76. The number of ether oxygens (including phenoxy) is 1. The Morgan fingerprint density at radius 3 is 2.64 bits per heavy atom. The molecule has 3 heterocycles. The van der Waals surface area contributed by atoms with Crippen molar-refractivity contribution < 1.29 is 23.8 Å². The van der Waals surface area contributed by atoms with E-state index in [4.69, 9.17) is 9.84 Å². The maximum Gasteiger partial charge on any atom is 0.255 e. The molecule has 1 aromatic carbocycles. The highest BCUT2D eigenvalue weighted by molar-refractivity contribution is 6.09. The van der Waals surface area contributed by atoms with Crippen LogP contribution < -0.4 is 10.1 Å². The van der Waals surface area contributed by atoms with Crippen LogP contribution in [0.3, 0.4) is 0 Å². The smallest absolute Gasteiger partial charge is 0.255 e. The van der Waals surface area contributed by atoms with E-state index in [2.05, 4.69) is 20.3 Å². The number of halogens is 1. The number of amides is 2. The number of piperidine rings is 1. The van der Waals surface area contributed by atoms with Gasteiger partial charge in [0, 0.05) is 24.8 Å². The van der Waals surface area contributed by atoms with Gasteiger partial charge in [-0.1, -0.05) is 6.07 Å². The zero-order valence-corrected chi connectivity index (χ0v) is 20.4. The lowest BCUT2D eigenvalue weighted by atomic mass is 10.0. The first kappa shape index (κ1) is 24.2. The first-order chi connectivity index (χ1) is 17.4. The lowest BCUT2D eigenvalue weighted by molar-refractivity contribution is -0.135. The number of rotatable bonds is 7. The van der Waals surface area contributed by atoms with Crippen molar-refractivity contribution in [1.82, 2.24) is 25.2 Å². The van der Waals surface area contributed by atoms with E-state index in [9.17, 15) is 9.59 Å². The number of hydrogen-bond acceptors (Lipinski definition) is 6. The molecule has 10 heteroatoms. The molecule has 190 valence electrons. The number of hydrogen-bond donors (Lipinski definition) is 3. The largest absolute Gasteiger partial charge is 0.492 e. The lowest BCUT2D eigenvalue weighted by Crippen LogP contribution is -2.47. The molecule has 9 nitrogen and oxygen atoms in total. The summed E-state index contributed by atoms with van der Waals surface area (Å²) in [4.78, 5) is 38.6. The zero-order valence-electron chi connectivity index (χ0n) is 20.4. The van der Waals surface area contributed by atoms with Crippen molar-refractivity contribution in [3.8, 4) is 17.0 Å². The lowest BCUT2D eigenvalue weighted by Gasteiger charge is -2.32. The third kappa shape index (κ3) is 4.65. The van der Waals surface area contributed by atoms with Crippen LogP contribution in [0.25, 0.3) is 22.3 Å². The third-order valence-electron chi connectivity index (χ3n) is 7.02. The van der Waals surface area contributed by atoms with E-state index >= 15 is 4.39 Å². The number of H-pyrrole nitrogens is 1. The van der Waals surface area contributed by atoms with Crippen LogP contribution in [0.1, 0.15) is 47.3 Å². The molecule has 0 atom stereocenters. The highest BCUT2D eigenvalue weighted by atomic mass is 19.1. The summed E-state index contributed by atoms with van der Waals surface area (Å²) in [6, 6.07) is 3.35. The van der Waals surface area contributed by atoms with E-state index in [1.165, 1.54) is 6.33 Å². The first-order valence-corrected chi connectivity index (χ1v) is 12.3. The van der Waals surface area contributed by atoms with Gasteiger partial charge in [0.2, 0.25) is 5.91 Å². The minimum atomic E-state index is -0.511. The molecule has 1 aliphatic heterocycles. The highest BCUT2D eigenvalue weighted by Gasteiger charge is 2.28. The molecule has 1 aliphatic carbocycles. The molecule has 36 heavy (non-hydrogen) atoms. The molecule has 0 bridgehead atoms. The fourth-order valence-corrected chi connectivity index (χ4v) is 4.71. The Bertz CT molecular complexity index is 1310. The molecule has 0 radical (unpaired) electrons. The van der Waals surface area contributed by atoms with Crippen LogP contribution in [0.2, 0.25) is 0 Å². The van der Waals surface area contributed by atoms with Gasteiger partial charge in [0.05, 0.1) is 23.3 Å². The number of fused-ring (bicyclic) bond motifs is 1. The predicted molar refractivity (Wildman–Crippen MR) is 131 cm³/mol. The van der Waals surface area contributed by atoms with Crippen molar-refractivity contribution >= 4 is 22.8 Å². The summed E-state index contributed by atoms with van der Waals surface area (Å²) in [5.74, 6) is -0.0759. The molecule has 3 aromatic rings. The first-order valence-electron chi connectivity index (χ1n) is 12.3. The number of carbonyl (C=O) groups excluding carboxylic acids is 2. The monoisotopic (exact) mass is 495 g/mol. The van der Waals surface area contributed by atoms with Crippen molar-refractivity contribution in [2.24, 2.45) is 5.92 Å². The number of carbonyl (C=O) groups is 2. The molecule has 0 spiro atoms. The van der Waals surface area contributed by atoms with Gasteiger partial charge >= 0.3 is 0 Å². The quantitative estimate of drug-likeness (QED) is 0.464. The molecule has 1 saturated heterocycles. The maximum atomic E-state index is 15.4. The van der Waals surface area contributed by atoms with E-state index in [0.717, 1.165) is 12.8 Å². The zero-order chi connectivity index (χ0) is 25.4. The van der Waals surface area contributed by atoms with Gasteiger partial charge in [0.15, 0.2) is 0 Å². The van der Waals surface area contributed by atoms with Crippen LogP contribution in [0.5, 0.6) is 5.75 Å². The second-order valence-corrected chi connectivity index (χ2v) is 9.68. The molecule has 2 aliphatic rings. The summed E-state index contributed by atoms with van der Waals surface area (Å²) in [5.41, 5.74) is 2.97. The minimum absolute atomic E-state index is 0.109. The van der Waals surface area contributed by atoms with Crippen molar-refractivity contribution in [2.45, 2.75) is 45.6 Å². The predicted octanol–water partition coefficient (Wildman–Crippen LogP) is 2.88. The van der Waals surface area contributed by atoms with Gasteiger partial charge in [-0.3, -0.25) is 9.59 Å². The Hall–Kier alpha value is -3.53. The number of nitrogens with one attached hydrogen (secondary N) is 2. The summed E-state index contributed by atoms with van der Waals surface area (Å²) in [6.45, 7) is 4.44. The average molecular weight is 496 g/mol. The van der Waals surface area contributed by atoms with Crippen LogP contribution in [-0.4, -0.2) is 69.1 Å². The van der Waals surface area contributed by atoms with Crippen LogP contribution >= 0.6 is 0 Å². The number of aliphatic hydroxyl groups is 1. The van der Waals surface area contributed by atoms with E-state index < -0.39 is 12.4 Å². The second-order valence-electron chi connectivity index (χ2n) is 9.68. The number of aromatic amines is 1. The second kappa shape index (κ2) is 9.85. The number of nitrogens with zero attached hydrogens (tertiary/aromatic N) is 3. The SMILES string of the molecule is Cc1ccc(OCC2CC2)c(-c2ncnc3c(C(=O)NC4CCN(C(=O)CO)CC4)c(C)[nH]c23)c1F. The van der Waals surface area contributed by atoms with Gasteiger partial charge in [-0.15, -0.1) is 0 Å². The van der Waals surface area contributed by atoms with Crippen LogP contribution in [0.15, 0.2) is 18.5 Å². The summed E-state index contributed by atoms with van der Waals surface area (Å²) in [5, 5.41) is 12.1. The van der Waals surface area contributed by atoms with Crippen LogP contribution in [0, 0.1) is 25.6 Å². The minimum Gasteiger partial charge on any atom is -0.492 e. The van der Waals surface area contributed by atoms with Gasteiger partial charge in [0.1, 0.15) is 35.7 Å². The molecule has 2 aromatic heterocycles. The van der Waals surface area contributed by atoms with E-state index in [1.807, 2.05) is 0 Å². The fraction of sp³-hybridized carbons (Fsp3) is 0.462. The highest BCUT2D eigenvalue weighted by Crippen LogP contribution is 2.39. The summed E-state index contributed by atoms with van der Waals surface area (Å²) in [7, 11) is 0. The van der Waals surface area contributed by atoms with Crippen LogP contribution in [0.4, 0.5) is 4.39 Å².